The summed E-state index contributed by atoms with van der Waals surface area (Å²) in [7, 11) is 1.21. The van der Waals surface area contributed by atoms with E-state index in [0.717, 1.165) is 5.56 Å². The zero-order chi connectivity index (χ0) is 36.7. The summed E-state index contributed by atoms with van der Waals surface area (Å²) in [4.78, 5) is 54.1. The van der Waals surface area contributed by atoms with Crippen LogP contribution in [0, 0.1) is 3.57 Å². The van der Waals surface area contributed by atoms with E-state index in [0.29, 0.717) is 29.4 Å². The Kier molecular flexibility index (Phi) is 13.5. The SMILES string of the molecule is COC(=O)C1Cc2cc(Br)c(c(Br)c2)Oc2cc(cc(I)c2O)C[C@H](NC(=O)OC(C)(C)C)C(=O)N[C@@H](C(C)OCc2ccccc2)C(=O)N1. The molecule has 5 rings (SSSR count). The normalized spacial score (nSPS) is 18.9. The van der Waals surface area contributed by atoms with Gasteiger partial charge >= 0.3 is 12.1 Å². The Labute approximate surface area is 320 Å². The molecule has 3 aromatic rings. The monoisotopic (exact) mass is 929 g/mol. The van der Waals surface area contributed by atoms with E-state index in [-0.39, 0.29) is 30.9 Å². The average molecular weight is 931 g/mol. The summed E-state index contributed by atoms with van der Waals surface area (Å²) in [6, 6.07) is 12.2. The number of methoxy groups -OCH3 is 1. The Hall–Kier alpha value is -3.41. The number of fused-ring (bicyclic) bond motifs is 10. The lowest BCUT2D eigenvalue weighted by Gasteiger charge is -2.29. The molecule has 12 nitrogen and oxygen atoms in total. The second-order valence-electron chi connectivity index (χ2n) is 12.6. The number of aromatic hydroxyl groups is 1. The minimum absolute atomic E-state index is 0.0112. The van der Waals surface area contributed by atoms with Crippen molar-refractivity contribution in [1.29, 1.82) is 0 Å². The van der Waals surface area contributed by atoms with Crippen molar-refractivity contribution in [3.05, 3.63) is 83.8 Å². The first-order valence-corrected chi connectivity index (χ1v) is 18.2. The number of amides is 3. The molecule has 50 heavy (non-hydrogen) atoms. The van der Waals surface area contributed by atoms with Crippen LogP contribution < -0.4 is 20.7 Å². The second-order valence-corrected chi connectivity index (χ2v) is 15.5. The third-order valence-corrected chi connectivity index (χ3v) is 9.45. The number of rotatable bonds is 6. The van der Waals surface area contributed by atoms with Gasteiger partial charge in [0.15, 0.2) is 17.2 Å². The summed E-state index contributed by atoms with van der Waals surface area (Å²) in [5, 5.41) is 19.0. The number of hydrogen-bond donors (Lipinski definition) is 4. The lowest BCUT2D eigenvalue weighted by Crippen LogP contribution is -2.60. The molecule has 0 radical (unpaired) electrons. The van der Waals surface area contributed by atoms with Crippen LogP contribution in [0.1, 0.15) is 44.4 Å². The average Bonchev–Trinajstić information content (AvgIpc) is 3.04. The summed E-state index contributed by atoms with van der Waals surface area (Å²) in [6.07, 6.45) is -1.84. The van der Waals surface area contributed by atoms with E-state index in [1.807, 2.05) is 52.9 Å². The van der Waals surface area contributed by atoms with Crippen LogP contribution in [0.15, 0.2) is 63.5 Å². The molecule has 4 N–H and O–H groups in total. The van der Waals surface area contributed by atoms with Crippen LogP contribution in [-0.4, -0.2) is 65.9 Å². The largest absolute Gasteiger partial charge is 0.504 e. The van der Waals surface area contributed by atoms with Crippen LogP contribution in [0.5, 0.6) is 17.2 Å². The van der Waals surface area contributed by atoms with Crippen LogP contribution in [0.2, 0.25) is 0 Å². The smallest absolute Gasteiger partial charge is 0.408 e. The van der Waals surface area contributed by atoms with Gasteiger partial charge < -0.3 is 40.0 Å². The van der Waals surface area contributed by atoms with Gasteiger partial charge in [0.25, 0.3) is 0 Å². The Morgan fingerprint density at radius 1 is 1.02 bits per heavy atom. The molecule has 0 saturated heterocycles. The number of alkyl carbamates (subject to hydrolysis) is 1. The van der Waals surface area contributed by atoms with Crippen LogP contribution in [0.4, 0.5) is 4.79 Å². The number of benzene rings is 3. The molecule has 0 aromatic heterocycles. The highest BCUT2D eigenvalue weighted by molar-refractivity contribution is 14.1. The van der Waals surface area contributed by atoms with E-state index in [1.54, 1.807) is 52.0 Å². The molecule has 2 heterocycles. The van der Waals surface area contributed by atoms with Crippen molar-refractivity contribution in [2.75, 3.05) is 7.11 Å². The molecule has 0 fully saturated rings. The minimum atomic E-state index is -1.32. The molecule has 4 bridgehead atoms. The Morgan fingerprint density at radius 2 is 1.66 bits per heavy atom. The number of phenols is 1. The van der Waals surface area contributed by atoms with Gasteiger partial charge in [0, 0.05) is 12.8 Å². The van der Waals surface area contributed by atoms with Crippen molar-refractivity contribution in [1.82, 2.24) is 16.0 Å². The molecule has 0 saturated carbocycles. The van der Waals surface area contributed by atoms with Crippen LogP contribution >= 0.6 is 54.5 Å². The standard InChI is InChI=1S/C35H38Br2IN3O9/c1-18(48-17-19-9-7-6-8-10-19)28-32(44)39-26(33(45)47-5)15-20-11-22(36)30(23(37)12-20)49-27-16-21(13-24(38)29(27)42)14-25(31(43)41-28)40-34(46)50-35(2,3)4/h6-13,16,18,25-26,28,42H,14-15,17H2,1-5H3,(H,39,44)(H,40,46)(H,41,43)/t18?,25-,26?,28-/m0/s1. The van der Waals surface area contributed by atoms with Gasteiger partial charge in [-0.15, -0.1) is 0 Å². The summed E-state index contributed by atoms with van der Waals surface area (Å²) in [6.45, 7) is 6.81. The van der Waals surface area contributed by atoms with Gasteiger partial charge in [-0.3, -0.25) is 9.59 Å². The van der Waals surface area contributed by atoms with E-state index in [2.05, 4.69) is 47.8 Å². The molecule has 0 aliphatic carbocycles. The van der Waals surface area contributed by atoms with E-state index < -0.39 is 53.7 Å². The summed E-state index contributed by atoms with van der Waals surface area (Å²) < 4.78 is 24.1. The lowest BCUT2D eigenvalue weighted by atomic mass is 10.0. The van der Waals surface area contributed by atoms with E-state index in [1.165, 1.54) is 7.11 Å². The lowest BCUT2D eigenvalue weighted by molar-refractivity contribution is -0.146. The van der Waals surface area contributed by atoms with Gasteiger partial charge in [-0.1, -0.05) is 30.3 Å². The fourth-order valence-corrected chi connectivity index (χ4v) is 7.15. The molecule has 3 aromatic carbocycles. The van der Waals surface area contributed by atoms with Gasteiger partial charge in [-0.2, -0.15) is 0 Å². The Bertz CT molecular complexity index is 1710. The molecule has 2 aliphatic heterocycles. The van der Waals surface area contributed by atoms with Crippen LogP contribution in [-0.2, 0) is 48.0 Å². The molecule has 0 spiro atoms. The number of ether oxygens (including phenoxy) is 4. The van der Waals surface area contributed by atoms with Crippen molar-refractivity contribution in [3.63, 3.8) is 0 Å². The fourth-order valence-electron chi connectivity index (χ4n) is 5.04. The van der Waals surface area contributed by atoms with Crippen molar-refractivity contribution < 1.29 is 43.2 Å². The van der Waals surface area contributed by atoms with Crippen LogP contribution in [0.3, 0.4) is 0 Å². The minimum Gasteiger partial charge on any atom is -0.504 e. The van der Waals surface area contributed by atoms with Crippen molar-refractivity contribution in [2.45, 2.75) is 77.0 Å². The van der Waals surface area contributed by atoms with Gasteiger partial charge in [-0.25, -0.2) is 9.59 Å². The fraction of sp³-hybridized carbons (Fsp3) is 0.371. The van der Waals surface area contributed by atoms with Gasteiger partial charge in [-0.05, 0) is 123 Å². The molecule has 15 heteroatoms. The first-order chi connectivity index (χ1) is 23.5. The highest BCUT2D eigenvalue weighted by Gasteiger charge is 2.35. The summed E-state index contributed by atoms with van der Waals surface area (Å²) >= 11 is 9.00. The van der Waals surface area contributed by atoms with Crippen molar-refractivity contribution >= 4 is 78.3 Å². The molecule has 2 unspecified atom stereocenters. The number of carbonyl (C=O) groups excluding carboxylic acids is 4. The highest BCUT2D eigenvalue weighted by atomic mass is 127. The number of esters is 1. The first-order valence-electron chi connectivity index (χ1n) is 15.6. The van der Waals surface area contributed by atoms with Crippen molar-refractivity contribution in [2.24, 2.45) is 0 Å². The predicted octanol–water partition coefficient (Wildman–Crippen LogP) is 6.05. The Morgan fingerprint density at radius 3 is 2.28 bits per heavy atom. The maximum atomic E-state index is 14.1. The summed E-state index contributed by atoms with van der Waals surface area (Å²) in [5.41, 5.74) is 1.12. The number of halogens is 3. The van der Waals surface area contributed by atoms with Gasteiger partial charge in [0.05, 0.1) is 32.3 Å². The van der Waals surface area contributed by atoms with Gasteiger partial charge in [0.2, 0.25) is 11.8 Å². The number of nitrogens with one attached hydrogen (secondary N) is 3. The first kappa shape index (κ1) is 39.4. The third kappa shape index (κ3) is 10.8. The number of phenolic OH excluding ortho intramolecular Hbond substituents is 1. The summed E-state index contributed by atoms with van der Waals surface area (Å²) in [5.74, 6) is -1.88. The second kappa shape index (κ2) is 17.2. The van der Waals surface area contributed by atoms with Crippen molar-refractivity contribution in [3.8, 4) is 17.2 Å². The molecular formula is C35H38Br2IN3O9. The quantitative estimate of drug-likeness (QED) is 0.170. The third-order valence-electron chi connectivity index (χ3n) is 7.45. The van der Waals surface area contributed by atoms with E-state index in [9.17, 15) is 24.3 Å². The molecule has 268 valence electrons. The topological polar surface area (TPSA) is 162 Å². The molecule has 4 atom stereocenters. The molecule has 2 aliphatic rings. The number of hydrogen-bond acceptors (Lipinski definition) is 9. The zero-order valence-corrected chi connectivity index (χ0v) is 33.3. The zero-order valence-electron chi connectivity index (χ0n) is 28.0. The maximum absolute atomic E-state index is 14.1. The number of carbonyl (C=O) groups is 4. The van der Waals surface area contributed by atoms with E-state index >= 15 is 0 Å². The Balaban J connectivity index is 1.82. The molecular weight excluding hydrogens is 893 g/mol. The van der Waals surface area contributed by atoms with Gasteiger partial charge in [0.1, 0.15) is 23.7 Å². The van der Waals surface area contributed by atoms with E-state index in [4.69, 9.17) is 18.9 Å². The van der Waals surface area contributed by atoms with Crippen LogP contribution in [0.25, 0.3) is 0 Å². The molecule has 3 amide bonds. The maximum Gasteiger partial charge on any atom is 0.408 e. The predicted molar refractivity (Wildman–Crippen MR) is 200 cm³/mol. The highest BCUT2D eigenvalue weighted by Crippen LogP contribution is 2.42.